The molecule has 3 aromatic rings. The van der Waals surface area contributed by atoms with Gasteiger partial charge in [-0.2, -0.15) is 13.2 Å². The van der Waals surface area contributed by atoms with Crippen LogP contribution in [0.4, 0.5) is 23.7 Å². The summed E-state index contributed by atoms with van der Waals surface area (Å²) in [5.41, 5.74) is -0.0269. The van der Waals surface area contributed by atoms with Gasteiger partial charge in [0.1, 0.15) is 11.3 Å². The minimum atomic E-state index is -4.51. The first kappa shape index (κ1) is 17.5. The largest absolute Gasteiger partial charge is 0.416 e. The number of hydrogen-bond donors (Lipinski definition) is 2. The van der Waals surface area contributed by atoms with E-state index in [1.54, 1.807) is 28.8 Å². The number of amides is 2. The molecule has 0 atom stereocenters. The lowest BCUT2D eigenvalue weighted by Gasteiger charge is -2.10. The number of fused-ring (bicyclic) bond motifs is 1. The zero-order chi connectivity index (χ0) is 18.7. The molecule has 2 aromatic heterocycles. The van der Waals surface area contributed by atoms with Gasteiger partial charge < -0.3 is 10.6 Å². The van der Waals surface area contributed by atoms with Crippen molar-refractivity contribution in [3.05, 3.63) is 66.1 Å². The number of halogens is 3. The molecule has 0 spiro atoms. The molecule has 2 amide bonds. The Morgan fingerprint density at radius 3 is 2.69 bits per heavy atom. The lowest BCUT2D eigenvalue weighted by atomic mass is 10.2. The molecular formula is C17H13F3N4O2. The molecule has 26 heavy (non-hydrogen) atoms. The zero-order valence-electron chi connectivity index (χ0n) is 13.2. The lowest BCUT2D eigenvalue weighted by molar-refractivity contribution is -0.137. The van der Waals surface area contributed by atoms with Crippen molar-refractivity contribution in [1.82, 2.24) is 14.7 Å². The Morgan fingerprint density at radius 1 is 1.12 bits per heavy atom. The maximum atomic E-state index is 12.7. The van der Waals surface area contributed by atoms with E-state index in [1.165, 1.54) is 18.3 Å². The SMILES string of the molecule is O=C(NCC(=O)c1cnc2ccccn12)Nc1cccc(C(F)(F)F)c1. The molecule has 0 aliphatic rings. The number of urea groups is 1. The summed E-state index contributed by atoms with van der Waals surface area (Å²) in [5, 5.41) is 4.59. The first-order valence-corrected chi connectivity index (χ1v) is 7.52. The van der Waals surface area contributed by atoms with Crippen molar-refractivity contribution in [3.8, 4) is 0 Å². The highest BCUT2D eigenvalue weighted by Gasteiger charge is 2.30. The number of pyridine rings is 1. The van der Waals surface area contributed by atoms with E-state index in [4.69, 9.17) is 0 Å². The van der Waals surface area contributed by atoms with Crippen LogP contribution in [0.15, 0.2) is 54.9 Å². The maximum Gasteiger partial charge on any atom is 0.416 e. The van der Waals surface area contributed by atoms with Crippen molar-refractivity contribution in [1.29, 1.82) is 0 Å². The minimum absolute atomic E-state index is 0.0282. The van der Waals surface area contributed by atoms with E-state index < -0.39 is 17.8 Å². The van der Waals surface area contributed by atoms with Crippen LogP contribution in [-0.2, 0) is 6.18 Å². The second-order valence-electron chi connectivity index (χ2n) is 5.38. The summed E-state index contributed by atoms with van der Waals surface area (Å²) >= 11 is 0. The first-order valence-electron chi connectivity index (χ1n) is 7.52. The highest BCUT2D eigenvalue weighted by molar-refractivity contribution is 6.00. The van der Waals surface area contributed by atoms with Gasteiger partial charge in [-0.25, -0.2) is 9.78 Å². The third-order valence-corrected chi connectivity index (χ3v) is 3.56. The van der Waals surface area contributed by atoms with Crippen molar-refractivity contribution < 1.29 is 22.8 Å². The Balaban J connectivity index is 1.61. The predicted molar refractivity (Wildman–Crippen MR) is 88.0 cm³/mol. The van der Waals surface area contributed by atoms with Gasteiger partial charge in [0.25, 0.3) is 0 Å². The molecule has 0 aliphatic heterocycles. The molecule has 134 valence electrons. The number of alkyl halides is 3. The Kier molecular flexibility index (Phi) is 4.61. The van der Waals surface area contributed by atoms with Crippen LogP contribution in [0.5, 0.6) is 0 Å². The molecule has 2 N–H and O–H groups in total. The van der Waals surface area contributed by atoms with E-state index in [0.29, 0.717) is 11.3 Å². The average Bonchev–Trinajstić information content (AvgIpc) is 3.03. The van der Waals surface area contributed by atoms with E-state index >= 15 is 0 Å². The van der Waals surface area contributed by atoms with Crippen LogP contribution in [0, 0.1) is 0 Å². The van der Waals surface area contributed by atoms with Crippen LogP contribution < -0.4 is 10.6 Å². The highest BCUT2D eigenvalue weighted by Crippen LogP contribution is 2.30. The number of benzene rings is 1. The molecule has 0 aliphatic carbocycles. The van der Waals surface area contributed by atoms with Crippen LogP contribution in [-0.4, -0.2) is 27.7 Å². The number of nitrogens with zero attached hydrogens (tertiary/aromatic N) is 2. The predicted octanol–water partition coefficient (Wildman–Crippen LogP) is 3.36. The fraction of sp³-hybridized carbons (Fsp3) is 0.118. The van der Waals surface area contributed by atoms with E-state index in [-0.39, 0.29) is 18.0 Å². The average molecular weight is 362 g/mol. The van der Waals surface area contributed by atoms with Crippen LogP contribution in [0.25, 0.3) is 5.65 Å². The normalized spacial score (nSPS) is 11.3. The second kappa shape index (κ2) is 6.87. The molecule has 9 heteroatoms. The Hall–Kier alpha value is -3.36. The molecule has 2 heterocycles. The third kappa shape index (κ3) is 3.82. The Labute approximate surface area is 145 Å². The number of ketones is 1. The first-order chi connectivity index (χ1) is 12.3. The Morgan fingerprint density at radius 2 is 1.92 bits per heavy atom. The highest BCUT2D eigenvalue weighted by atomic mass is 19.4. The second-order valence-corrected chi connectivity index (χ2v) is 5.38. The molecular weight excluding hydrogens is 349 g/mol. The van der Waals surface area contributed by atoms with Gasteiger partial charge in [0.05, 0.1) is 18.3 Å². The summed E-state index contributed by atoms with van der Waals surface area (Å²) in [5.74, 6) is -0.386. The molecule has 0 bridgehead atoms. The number of imidazole rings is 1. The zero-order valence-corrected chi connectivity index (χ0v) is 13.2. The van der Waals surface area contributed by atoms with Crippen LogP contribution >= 0.6 is 0 Å². The third-order valence-electron chi connectivity index (χ3n) is 3.56. The van der Waals surface area contributed by atoms with Gasteiger partial charge in [0, 0.05) is 11.9 Å². The summed E-state index contributed by atoms with van der Waals surface area (Å²) in [7, 11) is 0. The van der Waals surface area contributed by atoms with Gasteiger partial charge >= 0.3 is 12.2 Å². The topological polar surface area (TPSA) is 75.5 Å². The minimum Gasteiger partial charge on any atom is -0.330 e. The van der Waals surface area contributed by atoms with E-state index in [1.807, 2.05) is 0 Å². The molecule has 0 fully saturated rings. The van der Waals surface area contributed by atoms with Gasteiger partial charge in [-0.15, -0.1) is 0 Å². The van der Waals surface area contributed by atoms with Gasteiger partial charge in [0.2, 0.25) is 0 Å². The van der Waals surface area contributed by atoms with E-state index in [0.717, 1.165) is 12.1 Å². The number of carbonyl (C=O) groups excluding carboxylic acids is 2. The smallest absolute Gasteiger partial charge is 0.330 e. The molecule has 1 aromatic carbocycles. The number of hydrogen-bond acceptors (Lipinski definition) is 3. The Bertz CT molecular complexity index is 966. The summed E-state index contributed by atoms with van der Waals surface area (Å²) in [6.07, 6.45) is -1.45. The summed E-state index contributed by atoms with van der Waals surface area (Å²) in [6.45, 7) is -0.326. The molecule has 3 rings (SSSR count). The summed E-state index contributed by atoms with van der Waals surface area (Å²) in [6, 6.07) is 8.67. The van der Waals surface area contributed by atoms with Crippen LogP contribution in [0.2, 0.25) is 0 Å². The number of carbonyl (C=O) groups is 2. The monoisotopic (exact) mass is 362 g/mol. The number of aromatic nitrogens is 2. The standard InChI is InChI=1S/C17H13F3N4O2/c18-17(19,20)11-4-3-5-12(8-11)23-16(26)22-10-14(25)13-9-21-15-6-1-2-7-24(13)15/h1-9H,10H2,(H2,22,23,26). The van der Waals surface area contributed by atoms with Crippen molar-refractivity contribution in [2.75, 3.05) is 11.9 Å². The molecule has 0 radical (unpaired) electrons. The molecule has 6 nitrogen and oxygen atoms in total. The van der Waals surface area contributed by atoms with E-state index in [9.17, 15) is 22.8 Å². The van der Waals surface area contributed by atoms with Crippen molar-refractivity contribution in [2.45, 2.75) is 6.18 Å². The van der Waals surface area contributed by atoms with Crippen LogP contribution in [0.3, 0.4) is 0 Å². The van der Waals surface area contributed by atoms with Gasteiger partial charge in [0.15, 0.2) is 5.78 Å². The van der Waals surface area contributed by atoms with Gasteiger partial charge in [-0.05, 0) is 30.3 Å². The fourth-order valence-corrected chi connectivity index (χ4v) is 2.34. The lowest BCUT2D eigenvalue weighted by Crippen LogP contribution is -2.33. The number of anilines is 1. The quantitative estimate of drug-likeness (QED) is 0.699. The number of nitrogens with one attached hydrogen (secondary N) is 2. The van der Waals surface area contributed by atoms with E-state index in [2.05, 4.69) is 15.6 Å². The number of Topliss-reactive ketones (excluding diaryl/α,β-unsaturated/α-hetero) is 1. The van der Waals surface area contributed by atoms with Crippen molar-refractivity contribution in [3.63, 3.8) is 0 Å². The number of rotatable bonds is 4. The summed E-state index contributed by atoms with van der Waals surface area (Å²) in [4.78, 5) is 28.1. The molecule has 0 unspecified atom stereocenters. The van der Waals surface area contributed by atoms with Crippen LogP contribution in [0.1, 0.15) is 16.1 Å². The summed E-state index contributed by atoms with van der Waals surface area (Å²) < 4.78 is 39.6. The van der Waals surface area contributed by atoms with Crippen molar-refractivity contribution in [2.24, 2.45) is 0 Å². The van der Waals surface area contributed by atoms with Gasteiger partial charge in [-0.3, -0.25) is 9.20 Å². The maximum absolute atomic E-state index is 12.7. The van der Waals surface area contributed by atoms with Crippen molar-refractivity contribution >= 4 is 23.1 Å². The molecule has 0 saturated heterocycles. The fourth-order valence-electron chi connectivity index (χ4n) is 2.34. The molecule has 0 saturated carbocycles. The van der Waals surface area contributed by atoms with Gasteiger partial charge in [-0.1, -0.05) is 12.1 Å².